The molecular weight excluding hydrogens is 458 g/mol. The smallest absolute Gasteiger partial charge is 0.187 e. The molecule has 9 heteroatoms. The second-order valence-corrected chi connectivity index (χ2v) is 11.9. The van der Waals surface area contributed by atoms with Crippen molar-refractivity contribution in [2.45, 2.75) is 68.1 Å². The first-order valence-electron chi connectivity index (χ1n) is 11.7. The van der Waals surface area contributed by atoms with E-state index in [0.717, 1.165) is 48.2 Å². The molecule has 2 aromatic carbocycles. The minimum Gasteiger partial charge on any atom is -0.487 e. The third-order valence-corrected chi connectivity index (χ3v) is 8.08. The van der Waals surface area contributed by atoms with E-state index in [0.29, 0.717) is 17.9 Å². The van der Waals surface area contributed by atoms with Crippen molar-refractivity contribution in [2.24, 2.45) is 0 Å². The summed E-state index contributed by atoms with van der Waals surface area (Å²) in [5.41, 5.74) is 3.30. The SMILES string of the molecule is CC1CNc2cc(Cc3cc([C@@H]4O[C@H](S(C)(=O)=O)[C@@H](O)[C@H](O)[C@H]4O)ccc3C3CC3)ccc2O1. The summed E-state index contributed by atoms with van der Waals surface area (Å²) in [6.07, 6.45) is -1.96. The van der Waals surface area contributed by atoms with E-state index in [2.05, 4.69) is 11.4 Å². The van der Waals surface area contributed by atoms with Gasteiger partial charge in [0, 0.05) is 6.26 Å². The van der Waals surface area contributed by atoms with Crippen LogP contribution in [0, 0.1) is 0 Å². The van der Waals surface area contributed by atoms with Crippen molar-refractivity contribution < 1.29 is 33.2 Å². The Balaban J connectivity index is 1.47. The zero-order valence-corrected chi connectivity index (χ0v) is 20.0. The maximum absolute atomic E-state index is 12.1. The van der Waals surface area contributed by atoms with Gasteiger partial charge in [0.25, 0.3) is 0 Å². The normalized spacial score (nSPS) is 31.3. The lowest BCUT2D eigenvalue weighted by atomic mass is 9.89. The largest absolute Gasteiger partial charge is 0.487 e. The molecule has 2 aromatic rings. The van der Waals surface area contributed by atoms with Gasteiger partial charge in [0.15, 0.2) is 15.3 Å². The number of nitrogens with one attached hydrogen (secondary N) is 1. The molecule has 0 aromatic heterocycles. The molecule has 2 aliphatic heterocycles. The van der Waals surface area contributed by atoms with E-state index >= 15 is 0 Å². The molecular formula is C25H31NO7S. The van der Waals surface area contributed by atoms with Crippen molar-refractivity contribution in [1.29, 1.82) is 0 Å². The predicted octanol–water partition coefficient (Wildman–Crippen LogP) is 1.87. The van der Waals surface area contributed by atoms with Crippen LogP contribution in [0.2, 0.25) is 0 Å². The Labute approximate surface area is 199 Å². The zero-order valence-electron chi connectivity index (χ0n) is 19.2. The molecule has 2 heterocycles. The molecule has 184 valence electrons. The minimum absolute atomic E-state index is 0.114. The lowest BCUT2D eigenvalue weighted by Gasteiger charge is -2.40. The van der Waals surface area contributed by atoms with Gasteiger partial charge in [-0.05, 0) is 66.5 Å². The third-order valence-electron chi connectivity index (χ3n) is 6.85. The number of hydrogen-bond donors (Lipinski definition) is 4. The Bertz CT molecular complexity index is 1180. The van der Waals surface area contributed by atoms with Crippen LogP contribution in [0.1, 0.15) is 54.0 Å². The van der Waals surface area contributed by atoms with Gasteiger partial charge in [0.2, 0.25) is 0 Å². The topological polar surface area (TPSA) is 125 Å². The molecule has 1 aliphatic carbocycles. The van der Waals surface area contributed by atoms with Crippen molar-refractivity contribution in [3.8, 4) is 5.75 Å². The van der Waals surface area contributed by atoms with Gasteiger partial charge in [-0.1, -0.05) is 24.3 Å². The van der Waals surface area contributed by atoms with Crippen molar-refractivity contribution in [1.82, 2.24) is 0 Å². The second kappa shape index (κ2) is 8.80. The van der Waals surface area contributed by atoms with Crippen molar-refractivity contribution in [3.05, 3.63) is 58.7 Å². The quantitative estimate of drug-likeness (QED) is 0.502. The number of fused-ring (bicyclic) bond motifs is 1. The number of sulfone groups is 1. The Kier molecular flexibility index (Phi) is 6.10. The Morgan fingerprint density at radius 3 is 2.50 bits per heavy atom. The van der Waals surface area contributed by atoms with Crippen LogP contribution in [-0.2, 0) is 21.0 Å². The number of ether oxygens (including phenoxy) is 2. The van der Waals surface area contributed by atoms with Gasteiger partial charge in [-0.2, -0.15) is 0 Å². The molecule has 2 fully saturated rings. The van der Waals surface area contributed by atoms with Crippen LogP contribution < -0.4 is 10.1 Å². The highest BCUT2D eigenvalue weighted by Gasteiger charge is 2.48. The summed E-state index contributed by atoms with van der Waals surface area (Å²) in [4.78, 5) is 0. The summed E-state index contributed by atoms with van der Waals surface area (Å²) in [5.74, 6) is 1.31. The average molecular weight is 490 g/mol. The first-order valence-corrected chi connectivity index (χ1v) is 13.6. The number of aliphatic hydroxyl groups is 3. The fourth-order valence-electron chi connectivity index (χ4n) is 4.89. The highest BCUT2D eigenvalue weighted by molar-refractivity contribution is 7.91. The highest BCUT2D eigenvalue weighted by Crippen LogP contribution is 2.44. The van der Waals surface area contributed by atoms with Crippen LogP contribution in [0.15, 0.2) is 36.4 Å². The van der Waals surface area contributed by atoms with Crippen molar-refractivity contribution >= 4 is 15.5 Å². The second-order valence-electron chi connectivity index (χ2n) is 9.78. The van der Waals surface area contributed by atoms with E-state index in [4.69, 9.17) is 9.47 Å². The maximum atomic E-state index is 12.1. The first kappa shape index (κ1) is 23.6. The van der Waals surface area contributed by atoms with Gasteiger partial charge in [-0.25, -0.2) is 8.42 Å². The molecule has 0 bridgehead atoms. The fraction of sp³-hybridized carbons (Fsp3) is 0.520. The fourth-order valence-corrected chi connectivity index (χ4v) is 5.87. The third kappa shape index (κ3) is 4.55. The molecule has 4 N–H and O–H groups in total. The molecule has 0 radical (unpaired) electrons. The molecule has 3 aliphatic rings. The maximum Gasteiger partial charge on any atom is 0.187 e. The van der Waals surface area contributed by atoms with E-state index in [1.165, 1.54) is 5.56 Å². The molecule has 8 nitrogen and oxygen atoms in total. The molecule has 6 atom stereocenters. The van der Waals surface area contributed by atoms with Gasteiger partial charge >= 0.3 is 0 Å². The molecule has 34 heavy (non-hydrogen) atoms. The van der Waals surface area contributed by atoms with Crippen LogP contribution in [0.4, 0.5) is 5.69 Å². The Morgan fingerprint density at radius 1 is 1.03 bits per heavy atom. The summed E-state index contributed by atoms with van der Waals surface area (Å²) in [6, 6.07) is 11.8. The van der Waals surface area contributed by atoms with Gasteiger partial charge < -0.3 is 30.1 Å². The molecule has 0 amide bonds. The molecule has 0 spiro atoms. The first-order chi connectivity index (χ1) is 16.1. The van der Waals surface area contributed by atoms with E-state index in [9.17, 15) is 23.7 Å². The van der Waals surface area contributed by atoms with E-state index in [-0.39, 0.29) is 6.10 Å². The lowest BCUT2D eigenvalue weighted by molar-refractivity contribution is -0.202. The summed E-state index contributed by atoms with van der Waals surface area (Å²) in [7, 11) is -3.82. The molecule has 5 rings (SSSR count). The number of anilines is 1. The molecule has 1 unspecified atom stereocenters. The summed E-state index contributed by atoms with van der Waals surface area (Å²) >= 11 is 0. The van der Waals surface area contributed by atoms with Crippen molar-refractivity contribution in [2.75, 3.05) is 18.1 Å². The average Bonchev–Trinajstić information content (AvgIpc) is 3.62. The van der Waals surface area contributed by atoms with E-state index in [1.54, 1.807) is 0 Å². The Morgan fingerprint density at radius 2 is 1.79 bits per heavy atom. The van der Waals surface area contributed by atoms with Gasteiger partial charge in [0.1, 0.15) is 36.3 Å². The Hall–Kier alpha value is -2.17. The minimum atomic E-state index is -3.82. The lowest BCUT2D eigenvalue weighted by Crippen LogP contribution is -2.56. The van der Waals surface area contributed by atoms with E-state index in [1.807, 2.05) is 37.3 Å². The summed E-state index contributed by atoms with van der Waals surface area (Å²) < 4.78 is 35.8. The number of benzene rings is 2. The number of aliphatic hydroxyl groups excluding tert-OH is 3. The van der Waals surface area contributed by atoms with Crippen LogP contribution in [0.5, 0.6) is 5.75 Å². The molecule has 1 saturated heterocycles. The van der Waals surface area contributed by atoms with Crippen LogP contribution >= 0.6 is 0 Å². The van der Waals surface area contributed by atoms with Crippen molar-refractivity contribution in [3.63, 3.8) is 0 Å². The van der Waals surface area contributed by atoms with Gasteiger partial charge in [-0.3, -0.25) is 0 Å². The highest BCUT2D eigenvalue weighted by atomic mass is 32.2. The van der Waals surface area contributed by atoms with Gasteiger partial charge in [0.05, 0.1) is 12.2 Å². The zero-order chi connectivity index (χ0) is 24.2. The molecule has 1 saturated carbocycles. The summed E-state index contributed by atoms with van der Waals surface area (Å²) in [5, 5.41) is 34.5. The van der Waals surface area contributed by atoms with Gasteiger partial charge in [-0.15, -0.1) is 0 Å². The van der Waals surface area contributed by atoms with Crippen LogP contribution in [0.3, 0.4) is 0 Å². The van der Waals surface area contributed by atoms with Crippen LogP contribution in [-0.4, -0.2) is 66.4 Å². The summed E-state index contributed by atoms with van der Waals surface area (Å²) in [6.45, 7) is 2.76. The predicted molar refractivity (Wildman–Crippen MR) is 127 cm³/mol. The van der Waals surface area contributed by atoms with Crippen LogP contribution in [0.25, 0.3) is 0 Å². The number of hydrogen-bond acceptors (Lipinski definition) is 8. The standard InChI is InChI=1S/C25H31NO7S/c1-13-12-26-19-10-14(3-8-20(19)32-13)9-17-11-16(6-7-18(17)15-4-5-15)24-22(28)21(27)23(29)25(33-24)34(2,30)31/h3,6-8,10-11,13,15,21-29H,4-5,9,12H2,1-2H3/t13?,21-,22-,23+,24+,25-/m1/s1. The number of rotatable bonds is 5. The monoisotopic (exact) mass is 489 g/mol. The van der Waals surface area contributed by atoms with E-state index < -0.39 is 39.7 Å².